The molecule has 0 aromatic heterocycles. The molecule has 0 heterocycles. The van der Waals surface area contributed by atoms with Crippen molar-refractivity contribution < 1.29 is 22.7 Å². The van der Waals surface area contributed by atoms with E-state index in [1.54, 1.807) is 0 Å². The zero-order chi connectivity index (χ0) is 12.2. The van der Waals surface area contributed by atoms with Crippen LogP contribution in [0.5, 0.6) is 0 Å². The van der Waals surface area contributed by atoms with E-state index < -0.39 is 24.5 Å². The van der Waals surface area contributed by atoms with Crippen molar-refractivity contribution in [3.8, 4) is 0 Å². The lowest BCUT2D eigenvalue weighted by Crippen LogP contribution is -2.27. The lowest BCUT2D eigenvalue weighted by molar-refractivity contribution is -0.202. The van der Waals surface area contributed by atoms with Crippen LogP contribution in [0.25, 0.3) is 6.08 Å². The second-order valence-electron chi connectivity index (χ2n) is 3.25. The summed E-state index contributed by atoms with van der Waals surface area (Å²) >= 11 is 0. The summed E-state index contributed by atoms with van der Waals surface area (Å²) in [5.41, 5.74) is 0.579. The second-order valence-corrected chi connectivity index (χ2v) is 3.25. The molecule has 5 heteroatoms. The van der Waals surface area contributed by atoms with Crippen molar-refractivity contribution in [2.24, 2.45) is 0 Å². The molecule has 0 aliphatic rings. The third-order valence-electron chi connectivity index (χ3n) is 1.92. The van der Waals surface area contributed by atoms with Gasteiger partial charge in [-0.3, -0.25) is 0 Å². The number of benzene rings is 1. The predicted octanol–water partition coefficient (Wildman–Crippen LogP) is 3.15. The fraction of sp³-hybridized carbons (Fsp3) is 0.273. The predicted molar refractivity (Wildman–Crippen MR) is 52.1 cm³/mol. The molecule has 16 heavy (non-hydrogen) atoms. The van der Waals surface area contributed by atoms with Gasteiger partial charge in [-0.15, -0.1) is 0 Å². The summed E-state index contributed by atoms with van der Waals surface area (Å²) in [5.74, 6) is -0.410. The van der Waals surface area contributed by atoms with Gasteiger partial charge >= 0.3 is 6.18 Å². The summed E-state index contributed by atoms with van der Waals surface area (Å²) < 4.78 is 48.2. The van der Waals surface area contributed by atoms with Gasteiger partial charge in [-0.1, -0.05) is 24.3 Å². The maximum atomic E-state index is 12.5. The minimum atomic E-state index is -4.60. The van der Waals surface area contributed by atoms with Crippen molar-refractivity contribution in [2.75, 3.05) is 0 Å². The molecule has 1 N–H and O–H groups in total. The zero-order valence-electron chi connectivity index (χ0n) is 8.21. The van der Waals surface area contributed by atoms with E-state index in [9.17, 15) is 17.6 Å². The van der Waals surface area contributed by atoms with Gasteiger partial charge in [-0.05, 0) is 17.7 Å². The van der Waals surface area contributed by atoms with Gasteiger partial charge in [0.25, 0.3) is 0 Å². The summed E-state index contributed by atoms with van der Waals surface area (Å²) in [4.78, 5) is 0. The maximum absolute atomic E-state index is 12.5. The molecule has 1 aromatic rings. The summed E-state index contributed by atoms with van der Waals surface area (Å²) in [6.45, 7) is 0. The van der Waals surface area contributed by atoms with E-state index in [1.807, 2.05) is 0 Å². The minimum Gasteiger partial charge on any atom is -0.383 e. The number of aliphatic hydroxyl groups excluding tert-OH is 1. The average molecular weight is 234 g/mol. The van der Waals surface area contributed by atoms with Crippen LogP contribution in [0.2, 0.25) is 0 Å². The molecule has 0 bridgehead atoms. The molecule has 1 nitrogen and oxygen atoms in total. The first kappa shape index (κ1) is 12.7. The number of alkyl halides is 3. The Morgan fingerprint density at radius 2 is 1.75 bits per heavy atom. The Morgan fingerprint density at radius 1 is 1.19 bits per heavy atom. The van der Waals surface area contributed by atoms with Crippen LogP contribution in [-0.4, -0.2) is 17.4 Å². The summed E-state index contributed by atoms with van der Waals surface area (Å²) in [6, 6.07) is 5.29. The normalized spacial score (nSPS) is 14.3. The highest BCUT2D eigenvalue weighted by Crippen LogP contribution is 2.22. The Kier molecular flexibility index (Phi) is 4.06. The van der Waals surface area contributed by atoms with E-state index in [2.05, 4.69) is 0 Å². The van der Waals surface area contributed by atoms with Crippen molar-refractivity contribution in [1.29, 1.82) is 0 Å². The molecule has 1 atom stereocenters. The first-order valence-electron chi connectivity index (χ1n) is 4.56. The smallest absolute Gasteiger partial charge is 0.383 e. The van der Waals surface area contributed by atoms with Gasteiger partial charge in [0.2, 0.25) is 0 Å². The van der Waals surface area contributed by atoms with Crippen molar-refractivity contribution >= 4 is 6.08 Å². The Morgan fingerprint density at radius 3 is 2.25 bits per heavy atom. The Bertz CT molecular complexity index is 353. The van der Waals surface area contributed by atoms with E-state index in [0.717, 1.165) is 0 Å². The molecule has 0 saturated carbocycles. The lowest BCUT2D eigenvalue weighted by Gasteiger charge is -2.11. The summed E-state index contributed by atoms with van der Waals surface area (Å²) in [7, 11) is 0. The quantitative estimate of drug-likeness (QED) is 0.796. The number of aliphatic hydroxyl groups is 1. The van der Waals surface area contributed by atoms with Gasteiger partial charge in [-0.2, -0.15) is 13.2 Å². The van der Waals surface area contributed by atoms with E-state index in [0.29, 0.717) is 5.56 Å². The SMILES string of the molecule is OC(C/C=C/c1ccc(F)cc1)C(F)(F)F. The zero-order valence-corrected chi connectivity index (χ0v) is 8.21. The maximum Gasteiger partial charge on any atom is 0.414 e. The van der Waals surface area contributed by atoms with Gasteiger partial charge in [0, 0.05) is 6.42 Å². The highest BCUT2D eigenvalue weighted by molar-refractivity contribution is 5.48. The van der Waals surface area contributed by atoms with Crippen LogP contribution in [0.1, 0.15) is 12.0 Å². The largest absolute Gasteiger partial charge is 0.414 e. The molecule has 1 aromatic carbocycles. The summed E-state index contributed by atoms with van der Waals surface area (Å²) in [6.07, 6.45) is -4.88. The van der Waals surface area contributed by atoms with Gasteiger partial charge in [0.1, 0.15) is 5.82 Å². The molecule has 0 spiro atoms. The second kappa shape index (κ2) is 5.12. The highest BCUT2D eigenvalue weighted by Gasteiger charge is 2.36. The molecular formula is C11H10F4O. The third kappa shape index (κ3) is 4.02. The van der Waals surface area contributed by atoms with Crippen molar-refractivity contribution in [1.82, 2.24) is 0 Å². The van der Waals surface area contributed by atoms with E-state index >= 15 is 0 Å². The van der Waals surface area contributed by atoms with Gasteiger partial charge in [-0.25, -0.2) is 4.39 Å². The topological polar surface area (TPSA) is 20.2 Å². The van der Waals surface area contributed by atoms with Gasteiger partial charge < -0.3 is 5.11 Å². The molecule has 88 valence electrons. The van der Waals surface area contributed by atoms with E-state index in [4.69, 9.17) is 5.11 Å². The van der Waals surface area contributed by atoms with Crippen LogP contribution in [-0.2, 0) is 0 Å². The molecule has 1 rings (SSSR count). The Balaban J connectivity index is 2.52. The van der Waals surface area contributed by atoms with Gasteiger partial charge in [0.05, 0.1) is 0 Å². The standard InChI is InChI=1S/C11H10F4O/c12-9-6-4-8(5-7-9)2-1-3-10(16)11(13,14)15/h1-2,4-7,10,16H,3H2/b2-1+. The first-order valence-corrected chi connectivity index (χ1v) is 4.56. The lowest BCUT2D eigenvalue weighted by atomic mass is 10.1. The number of hydrogen-bond donors (Lipinski definition) is 1. The molecule has 0 aliphatic carbocycles. The highest BCUT2D eigenvalue weighted by atomic mass is 19.4. The molecule has 1 unspecified atom stereocenters. The Labute approximate surface area is 90.0 Å². The Hall–Kier alpha value is -1.36. The van der Waals surface area contributed by atoms with Crippen LogP contribution >= 0.6 is 0 Å². The number of hydrogen-bond acceptors (Lipinski definition) is 1. The molecule has 0 aliphatic heterocycles. The van der Waals surface area contributed by atoms with Crippen LogP contribution in [0.15, 0.2) is 30.3 Å². The van der Waals surface area contributed by atoms with Crippen LogP contribution in [0, 0.1) is 5.82 Å². The van der Waals surface area contributed by atoms with Crippen molar-refractivity contribution in [3.05, 3.63) is 41.7 Å². The molecule has 0 radical (unpaired) electrons. The van der Waals surface area contributed by atoms with Crippen LogP contribution < -0.4 is 0 Å². The van der Waals surface area contributed by atoms with Crippen molar-refractivity contribution in [3.63, 3.8) is 0 Å². The molecule has 0 saturated heterocycles. The molecular weight excluding hydrogens is 224 g/mol. The van der Waals surface area contributed by atoms with Crippen molar-refractivity contribution in [2.45, 2.75) is 18.7 Å². The number of halogens is 4. The molecule has 0 fully saturated rings. The molecule has 0 amide bonds. The van der Waals surface area contributed by atoms with Gasteiger partial charge in [0.15, 0.2) is 6.10 Å². The fourth-order valence-corrected chi connectivity index (χ4v) is 1.04. The van der Waals surface area contributed by atoms with E-state index in [-0.39, 0.29) is 0 Å². The fourth-order valence-electron chi connectivity index (χ4n) is 1.04. The average Bonchev–Trinajstić information content (AvgIpc) is 2.19. The third-order valence-corrected chi connectivity index (χ3v) is 1.92. The summed E-state index contributed by atoms with van der Waals surface area (Å²) in [5, 5.41) is 8.67. The number of rotatable bonds is 3. The minimum absolute atomic E-state index is 0.410. The monoisotopic (exact) mass is 234 g/mol. The first-order chi connectivity index (χ1) is 7.39. The van der Waals surface area contributed by atoms with Crippen LogP contribution in [0.4, 0.5) is 17.6 Å². The van der Waals surface area contributed by atoms with E-state index in [1.165, 1.54) is 36.4 Å². The van der Waals surface area contributed by atoms with Crippen LogP contribution in [0.3, 0.4) is 0 Å².